The first-order valence-electron chi connectivity index (χ1n) is 9.00. The highest BCUT2D eigenvalue weighted by molar-refractivity contribution is 7.86. The number of ether oxygens (including phenoxy) is 2. The van der Waals surface area contributed by atoms with Gasteiger partial charge in [0.1, 0.15) is 21.9 Å². The number of carbonyl (C=O) groups is 1. The van der Waals surface area contributed by atoms with Crippen LogP contribution in [0.25, 0.3) is 0 Å². The molecule has 8 nitrogen and oxygen atoms in total. The van der Waals surface area contributed by atoms with Gasteiger partial charge < -0.3 is 19.7 Å². The highest BCUT2D eigenvalue weighted by Crippen LogP contribution is 2.35. The Balaban J connectivity index is 1.80. The topological polar surface area (TPSA) is 94.2 Å². The molecular formula is C20H24N2O6S. The fourth-order valence-electron chi connectivity index (χ4n) is 3.15. The number of para-hydroxylation sites is 2. The summed E-state index contributed by atoms with van der Waals surface area (Å²) in [7, 11) is -1.31. The lowest BCUT2D eigenvalue weighted by Gasteiger charge is -2.39. The van der Waals surface area contributed by atoms with Crippen LogP contribution in [0.5, 0.6) is 11.5 Å². The maximum Gasteiger partial charge on any atom is 0.300 e. The van der Waals surface area contributed by atoms with E-state index in [4.69, 9.17) is 13.7 Å². The molecule has 0 unspecified atom stereocenters. The molecular weight excluding hydrogens is 396 g/mol. The van der Waals surface area contributed by atoms with Crippen LogP contribution in [0.4, 0.5) is 11.4 Å². The first-order valence-corrected chi connectivity index (χ1v) is 10.4. The first kappa shape index (κ1) is 20.9. The fourth-order valence-corrected chi connectivity index (χ4v) is 4.23. The number of rotatable bonds is 7. The van der Waals surface area contributed by atoms with E-state index in [1.165, 1.54) is 31.3 Å². The molecule has 1 aliphatic heterocycles. The maximum atomic E-state index is 12.8. The molecule has 1 N–H and O–H groups in total. The Labute approximate surface area is 170 Å². The minimum Gasteiger partial charge on any atom is -0.497 e. The van der Waals surface area contributed by atoms with Crippen LogP contribution >= 0.6 is 0 Å². The summed E-state index contributed by atoms with van der Waals surface area (Å²) in [6, 6.07) is 11.8. The normalized spacial score (nSPS) is 15.4. The summed E-state index contributed by atoms with van der Waals surface area (Å²) < 4.78 is 40.8. The first-order chi connectivity index (χ1) is 13.7. The molecule has 0 bridgehead atoms. The number of fused-ring (bicyclic) bond motifs is 1. The molecule has 0 spiro atoms. The highest BCUT2D eigenvalue weighted by atomic mass is 32.2. The molecule has 3 rings (SSSR count). The Kier molecular flexibility index (Phi) is 5.72. The number of hydrogen-bond donors (Lipinski definition) is 1. The molecule has 29 heavy (non-hydrogen) atoms. The SMILES string of the molecule is COc1ccc(OC)c(S(=O)(=O)OCCN2C(=O)C(C)(C)Nc3ccccc32)c1. The highest BCUT2D eigenvalue weighted by Gasteiger charge is 2.38. The van der Waals surface area contributed by atoms with Crippen molar-refractivity contribution in [3.05, 3.63) is 42.5 Å². The quantitative estimate of drug-likeness (QED) is 0.688. The molecule has 156 valence electrons. The molecule has 1 aliphatic rings. The van der Waals surface area contributed by atoms with E-state index >= 15 is 0 Å². The Morgan fingerprint density at radius 3 is 2.48 bits per heavy atom. The van der Waals surface area contributed by atoms with Crippen molar-refractivity contribution in [1.29, 1.82) is 0 Å². The van der Waals surface area contributed by atoms with Crippen LogP contribution in [0.15, 0.2) is 47.4 Å². The number of anilines is 2. The predicted molar refractivity (Wildman–Crippen MR) is 109 cm³/mol. The second kappa shape index (κ2) is 7.92. The van der Waals surface area contributed by atoms with Gasteiger partial charge in [-0.25, -0.2) is 0 Å². The molecule has 1 heterocycles. The summed E-state index contributed by atoms with van der Waals surface area (Å²) in [5.74, 6) is 0.340. The van der Waals surface area contributed by atoms with Gasteiger partial charge >= 0.3 is 10.1 Å². The standard InChI is InChI=1S/C20H24N2O6S/c1-20(2)19(23)22(16-8-6-5-7-15(16)21-20)11-12-28-29(24,25)18-13-14(26-3)9-10-17(18)27-4/h5-10,13,21H,11-12H2,1-4H3. The Morgan fingerprint density at radius 1 is 1.07 bits per heavy atom. The molecule has 0 saturated carbocycles. The van der Waals surface area contributed by atoms with Crippen molar-refractivity contribution in [1.82, 2.24) is 0 Å². The van der Waals surface area contributed by atoms with Crippen LogP contribution in [-0.4, -0.2) is 47.2 Å². The van der Waals surface area contributed by atoms with Gasteiger partial charge in [0, 0.05) is 6.07 Å². The Bertz CT molecular complexity index is 1020. The van der Waals surface area contributed by atoms with Crippen molar-refractivity contribution < 1.29 is 26.9 Å². The van der Waals surface area contributed by atoms with Crippen molar-refractivity contribution in [2.75, 3.05) is 37.6 Å². The predicted octanol–water partition coefficient (Wildman–Crippen LogP) is 2.65. The van der Waals surface area contributed by atoms with Gasteiger partial charge in [-0.3, -0.25) is 8.98 Å². The zero-order valence-electron chi connectivity index (χ0n) is 16.8. The number of methoxy groups -OCH3 is 2. The van der Waals surface area contributed by atoms with E-state index in [1.54, 1.807) is 26.0 Å². The van der Waals surface area contributed by atoms with Crippen LogP contribution in [0, 0.1) is 0 Å². The molecule has 2 aromatic carbocycles. The molecule has 0 aromatic heterocycles. The van der Waals surface area contributed by atoms with Gasteiger partial charge in [-0.2, -0.15) is 8.42 Å². The summed E-state index contributed by atoms with van der Waals surface area (Å²) in [5, 5.41) is 3.20. The monoisotopic (exact) mass is 420 g/mol. The number of nitrogens with one attached hydrogen (secondary N) is 1. The number of carbonyl (C=O) groups excluding carboxylic acids is 1. The third-order valence-electron chi connectivity index (χ3n) is 4.62. The second-order valence-electron chi connectivity index (χ2n) is 7.02. The minimum absolute atomic E-state index is 0.0759. The van der Waals surface area contributed by atoms with E-state index in [2.05, 4.69) is 5.32 Å². The smallest absolute Gasteiger partial charge is 0.300 e. The molecule has 0 saturated heterocycles. The van der Waals surface area contributed by atoms with E-state index in [0.717, 1.165) is 5.69 Å². The Hall–Kier alpha value is -2.78. The van der Waals surface area contributed by atoms with E-state index in [1.807, 2.05) is 18.2 Å². The van der Waals surface area contributed by atoms with Crippen molar-refractivity contribution in [2.24, 2.45) is 0 Å². The summed E-state index contributed by atoms with van der Waals surface area (Å²) >= 11 is 0. The largest absolute Gasteiger partial charge is 0.497 e. The van der Waals surface area contributed by atoms with E-state index in [9.17, 15) is 13.2 Å². The van der Waals surface area contributed by atoms with Gasteiger partial charge in [-0.15, -0.1) is 0 Å². The fraction of sp³-hybridized carbons (Fsp3) is 0.350. The van der Waals surface area contributed by atoms with Gasteiger partial charge in [0.2, 0.25) is 0 Å². The van der Waals surface area contributed by atoms with Crippen molar-refractivity contribution in [2.45, 2.75) is 24.3 Å². The summed E-state index contributed by atoms with van der Waals surface area (Å²) in [4.78, 5) is 14.2. The van der Waals surface area contributed by atoms with Gasteiger partial charge in [0.25, 0.3) is 5.91 Å². The molecule has 2 aromatic rings. The molecule has 0 aliphatic carbocycles. The van der Waals surface area contributed by atoms with Gasteiger partial charge in [0.15, 0.2) is 0 Å². The minimum atomic E-state index is -4.12. The number of amides is 1. The average Bonchev–Trinajstić information content (AvgIpc) is 2.70. The van der Waals surface area contributed by atoms with E-state index in [-0.39, 0.29) is 29.7 Å². The third kappa shape index (κ3) is 4.15. The van der Waals surface area contributed by atoms with Crippen molar-refractivity contribution >= 4 is 27.4 Å². The van der Waals surface area contributed by atoms with Gasteiger partial charge in [-0.05, 0) is 38.1 Å². The van der Waals surface area contributed by atoms with Crippen LogP contribution in [0.2, 0.25) is 0 Å². The summed E-state index contributed by atoms with van der Waals surface area (Å²) in [6.07, 6.45) is 0. The lowest BCUT2D eigenvalue weighted by atomic mass is 9.98. The molecule has 0 radical (unpaired) electrons. The van der Waals surface area contributed by atoms with E-state index < -0.39 is 15.7 Å². The molecule has 9 heteroatoms. The van der Waals surface area contributed by atoms with Crippen LogP contribution in [0.1, 0.15) is 13.8 Å². The molecule has 1 amide bonds. The van der Waals surface area contributed by atoms with Crippen LogP contribution < -0.4 is 19.7 Å². The van der Waals surface area contributed by atoms with Crippen LogP contribution in [-0.2, 0) is 19.1 Å². The van der Waals surface area contributed by atoms with Crippen molar-refractivity contribution in [3.8, 4) is 11.5 Å². The number of benzene rings is 2. The number of nitrogens with zero attached hydrogens (tertiary/aromatic N) is 1. The second-order valence-corrected chi connectivity index (χ2v) is 8.60. The zero-order chi connectivity index (χ0) is 21.2. The lowest BCUT2D eigenvalue weighted by Crippen LogP contribution is -2.54. The van der Waals surface area contributed by atoms with E-state index in [0.29, 0.717) is 11.4 Å². The average molecular weight is 420 g/mol. The molecule has 0 atom stereocenters. The molecule has 0 fully saturated rings. The summed E-state index contributed by atoms with van der Waals surface area (Å²) in [6.45, 7) is 3.42. The van der Waals surface area contributed by atoms with Gasteiger partial charge in [0.05, 0.1) is 38.7 Å². The summed E-state index contributed by atoms with van der Waals surface area (Å²) in [5.41, 5.74) is 0.662. The lowest BCUT2D eigenvalue weighted by molar-refractivity contribution is -0.122. The van der Waals surface area contributed by atoms with Crippen molar-refractivity contribution in [3.63, 3.8) is 0 Å². The van der Waals surface area contributed by atoms with Gasteiger partial charge in [-0.1, -0.05) is 12.1 Å². The maximum absolute atomic E-state index is 12.8. The van der Waals surface area contributed by atoms with Crippen LogP contribution in [0.3, 0.4) is 0 Å². The Morgan fingerprint density at radius 2 is 1.79 bits per heavy atom. The zero-order valence-corrected chi connectivity index (χ0v) is 17.6. The number of hydrogen-bond acceptors (Lipinski definition) is 7. The third-order valence-corrected chi connectivity index (χ3v) is 5.95.